The van der Waals surface area contributed by atoms with E-state index < -0.39 is 32.5 Å². The van der Waals surface area contributed by atoms with E-state index in [9.17, 15) is 14.2 Å². The molecule has 0 bridgehead atoms. The molecule has 0 aromatic heterocycles. The zero-order chi connectivity index (χ0) is 34.7. The Kier molecular flexibility index (Phi) is 32.4. The summed E-state index contributed by atoms with van der Waals surface area (Å²) in [5, 5.41) is 8.76. The lowest BCUT2D eigenvalue weighted by Gasteiger charge is -2.18. The van der Waals surface area contributed by atoms with Crippen molar-refractivity contribution in [2.45, 2.75) is 154 Å². The van der Waals surface area contributed by atoms with Gasteiger partial charge in [-0.05, 0) is 57.8 Å². The second-order valence-electron chi connectivity index (χ2n) is 11.9. The molecule has 0 aromatic rings. The van der Waals surface area contributed by atoms with E-state index in [1.807, 2.05) is 12.2 Å². The third-order valence-electron chi connectivity index (χ3n) is 7.41. The van der Waals surface area contributed by atoms with Crippen LogP contribution in [0.5, 0.6) is 0 Å². The van der Waals surface area contributed by atoms with E-state index in [0.717, 1.165) is 57.8 Å². The van der Waals surface area contributed by atoms with E-state index in [1.165, 1.54) is 51.4 Å². The Labute approximate surface area is 285 Å². The van der Waals surface area contributed by atoms with Gasteiger partial charge in [-0.15, -0.1) is 0 Å². The number of carbonyl (C=O) groups excluding carboxylic acids is 2. The summed E-state index contributed by atoms with van der Waals surface area (Å²) in [4.78, 5) is 42.6. The molecule has 0 saturated carbocycles. The van der Waals surface area contributed by atoms with Crippen LogP contribution in [0.25, 0.3) is 0 Å². The minimum Gasteiger partial charge on any atom is -0.462 e. The molecule has 0 amide bonds. The Balaban J connectivity index is 4.09. The molecule has 9 nitrogen and oxygen atoms in total. The number of unbranched alkanes of at least 4 members (excludes halogenated alkanes) is 14. The number of rotatable bonds is 33. The highest BCUT2D eigenvalue weighted by Crippen LogP contribution is 2.35. The van der Waals surface area contributed by atoms with Crippen molar-refractivity contribution in [2.24, 2.45) is 0 Å². The number of phosphoric acid groups is 1. The first kappa shape index (κ1) is 45.0. The number of carbonyl (C=O) groups is 2. The minimum atomic E-state index is -4.77. The summed E-state index contributed by atoms with van der Waals surface area (Å²) in [7, 11) is -4.77. The molecule has 0 spiro atoms. The molecule has 47 heavy (non-hydrogen) atoms. The highest BCUT2D eigenvalue weighted by atomic mass is 31.2. The monoisotopic (exact) mass is 684 g/mol. The summed E-state index contributed by atoms with van der Waals surface area (Å²) in [6, 6.07) is 0. The standard InChI is InChI=1S/C37H65O9P/c1-2-3-4-5-6-7-15-18-21-24-27-30-36(39)44-33-35(34-45-47(41,42)43)46-37(40)31-28-25-22-19-16-13-11-9-8-10-12-14-17-20-23-26-29-32-38/h8,10-11,13-14,17,19,22,35,38H,2-7,9,12,15-16,18,20-21,23-34H2,1H3,(H2,41,42,43)/b10-8-,13-11-,17-14-,22-19-/t35-/m1/s1. The van der Waals surface area contributed by atoms with E-state index in [2.05, 4.69) is 47.9 Å². The molecular formula is C37H65O9P. The van der Waals surface area contributed by atoms with Gasteiger partial charge < -0.3 is 24.4 Å². The lowest BCUT2D eigenvalue weighted by Crippen LogP contribution is -2.29. The van der Waals surface area contributed by atoms with Gasteiger partial charge in [0.2, 0.25) is 0 Å². The Morgan fingerprint density at radius 2 is 1.06 bits per heavy atom. The largest absolute Gasteiger partial charge is 0.469 e. The van der Waals surface area contributed by atoms with Crippen molar-refractivity contribution in [3.8, 4) is 0 Å². The maximum atomic E-state index is 12.3. The number of esters is 2. The minimum absolute atomic E-state index is 0.126. The maximum Gasteiger partial charge on any atom is 0.469 e. The molecule has 0 aromatic carbocycles. The Bertz CT molecular complexity index is 908. The highest BCUT2D eigenvalue weighted by Gasteiger charge is 2.22. The lowest BCUT2D eigenvalue weighted by atomic mass is 10.1. The molecule has 0 aliphatic carbocycles. The van der Waals surface area contributed by atoms with Crippen molar-refractivity contribution >= 4 is 19.8 Å². The molecule has 0 unspecified atom stereocenters. The van der Waals surface area contributed by atoms with Crippen LogP contribution in [0, 0.1) is 0 Å². The smallest absolute Gasteiger partial charge is 0.462 e. The fourth-order valence-corrected chi connectivity index (χ4v) is 5.06. The van der Waals surface area contributed by atoms with Gasteiger partial charge in [-0.2, -0.15) is 0 Å². The first-order valence-corrected chi connectivity index (χ1v) is 19.6. The fraction of sp³-hybridized carbons (Fsp3) is 0.730. The zero-order valence-corrected chi connectivity index (χ0v) is 30.0. The van der Waals surface area contributed by atoms with Crippen LogP contribution < -0.4 is 0 Å². The molecule has 0 aliphatic rings. The van der Waals surface area contributed by atoms with E-state index in [0.29, 0.717) is 19.3 Å². The molecule has 272 valence electrons. The lowest BCUT2D eigenvalue weighted by molar-refractivity contribution is -0.161. The summed E-state index contributed by atoms with van der Waals surface area (Å²) >= 11 is 0. The predicted molar refractivity (Wildman–Crippen MR) is 190 cm³/mol. The number of phosphoric ester groups is 1. The zero-order valence-electron chi connectivity index (χ0n) is 29.1. The van der Waals surface area contributed by atoms with Crippen LogP contribution in [0.3, 0.4) is 0 Å². The van der Waals surface area contributed by atoms with Gasteiger partial charge >= 0.3 is 19.8 Å². The van der Waals surface area contributed by atoms with Crippen LogP contribution in [0.1, 0.15) is 148 Å². The Morgan fingerprint density at radius 1 is 0.596 bits per heavy atom. The number of hydrogen-bond acceptors (Lipinski definition) is 7. The molecule has 0 heterocycles. The highest BCUT2D eigenvalue weighted by molar-refractivity contribution is 7.46. The van der Waals surface area contributed by atoms with E-state index in [4.69, 9.17) is 24.4 Å². The summed E-state index contributed by atoms with van der Waals surface area (Å²) in [5.74, 6) is -0.968. The van der Waals surface area contributed by atoms with Gasteiger partial charge in [0.1, 0.15) is 6.61 Å². The number of aliphatic hydroxyl groups is 1. The fourth-order valence-electron chi connectivity index (χ4n) is 4.70. The summed E-state index contributed by atoms with van der Waals surface area (Å²) < 4.78 is 26.2. The van der Waals surface area contributed by atoms with E-state index >= 15 is 0 Å². The van der Waals surface area contributed by atoms with E-state index in [1.54, 1.807) is 0 Å². The first-order chi connectivity index (χ1) is 22.8. The van der Waals surface area contributed by atoms with Crippen LogP contribution in [0.15, 0.2) is 48.6 Å². The molecule has 10 heteroatoms. The molecule has 3 N–H and O–H groups in total. The second-order valence-corrected chi connectivity index (χ2v) is 13.2. The molecular weight excluding hydrogens is 619 g/mol. The third-order valence-corrected chi connectivity index (χ3v) is 7.89. The van der Waals surface area contributed by atoms with Crippen molar-refractivity contribution in [1.82, 2.24) is 0 Å². The van der Waals surface area contributed by atoms with Gasteiger partial charge in [0.05, 0.1) is 6.61 Å². The van der Waals surface area contributed by atoms with Crippen LogP contribution in [0.4, 0.5) is 0 Å². The van der Waals surface area contributed by atoms with Crippen LogP contribution in [0.2, 0.25) is 0 Å². The number of allylic oxidation sites excluding steroid dienone is 8. The van der Waals surface area contributed by atoms with Gasteiger partial charge in [-0.1, -0.05) is 126 Å². The number of aliphatic hydroxyl groups excluding tert-OH is 1. The average Bonchev–Trinajstić information content (AvgIpc) is 3.03. The Hall–Kier alpha value is -2.03. The van der Waals surface area contributed by atoms with Gasteiger partial charge in [-0.3, -0.25) is 14.1 Å². The molecule has 0 aliphatic heterocycles. The van der Waals surface area contributed by atoms with Gasteiger partial charge in [0.15, 0.2) is 6.10 Å². The summed E-state index contributed by atoms with van der Waals surface area (Å²) in [6.45, 7) is 1.62. The average molecular weight is 685 g/mol. The van der Waals surface area contributed by atoms with Crippen molar-refractivity contribution in [3.63, 3.8) is 0 Å². The van der Waals surface area contributed by atoms with Crippen LogP contribution in [-0.4, -0.2) is 52.8 Å². The van der Waals surface area contributed by atoms with E-state index in [-0.39, 0.29) is 26.1 Å². The quantitative estimate of drug-likeness (QED) is 0.0267. The molecule has 0 fully saturated rings. The Morgan fingerprint density at radius 3 is 1.60 bits per heavy atom. The number of hydrogen-bond donors (Lipinski definition) is 3. The summed E-state index contributed by atoms with van der Waals surface area (Å²) in [6.07, 6.45) is 37.1. The third kappa shape index (κ3) is 36.7. The molecule has 0 saturated heterocycles. The number of ether oxygens (including phenoxy) is 2. The maximum absolute atomic E-state index is 12.3. The van der Waals surface area contributed by atoms with Crippen molar-refractivity contribution in [3.05, 3.63) is 48.6 Å². The molecule has 0 rings (SSSR count). The van der Waals surface area contributed by atoms with Crippen LogP contribution >= 0.6 is 7.82 Å². The molecule has 0 radical (unpaired) electrons. The van der Waals surface area contributed by atoms with Crippen molar-refractivity contribution in [2.75, 3.05) is 19.8 Å². The van der Waals surface area contributed by atoms with Gasteiger partial charge in [0, 0.05) is 19.4 Å². The normalized spacial score (nSPS) is 13.0. The second kappa shape index (κ2) is 33.9. The van der Waals surface area contributed by atoms with Crippen molar-refractivity contribution in [1.29, 1.82) is 0 Å². The SMILES string of the molecule is CCCCCCCCCCCCCC(=O)OC[C@H](COP(=O)(O)O)OC(=O)CCC/C=C\C/C=C\C/C=C\C/C=C\CCCCCO. The van der Waals surface area contributed by atoms with Crippen molar-refractivity contribution < 1.29 is 43.0 Å². The predicted octanol–water partition coefficient (Wildman–Crippen LogP) is 9.37. The summed E-state index contributed by atoms with van der Waals surface area (Å²) in [5.41, 5.74) is 0. The van der Waals surface area contributed by atoms with Gasteiger partial charge in [-0.25, -0.2) is 4.57 Å². The van der Waals surface area contributed by atoms with Crippen LogP contribution in [-0.2, 0) is 28.2 Å². The van der Waals surface area contributed by atoms with Gasteiger partial charge in [0.25, 0.3) is 0 Å². The molecule has 1 atom stereocenters. The first-order valence-electron chi connectivity index (χ1n) is 18.0. The topological polar surface area (TPSA) is 140 Å².